The third-order valence-electron chi connectivity index (χ3n) is 3.53. The van der Waals surface area contributed by atoms with Gasteiger partial charge in [0.2, 0.25) is 0 Å². The standard InChI is InChI=1S/C17H16F3N5O2S/c1-2-3-14-21-8-12(28-14)9-25-15(26)5-4-13(24-25)11-6-22-16(23-7-11)27-10-17(18,19)20/h4-8H,2-3,9-10H2,1H3. The summed E-state index contributed by atoms with van der Waals surface area (Å²) in [6.07, 6.45) is 1.72. The maximum atomic E-state index is 12.2. The van der Waals surface area contributed by atoms with Gasteiger partial charge in [0.25, 0.3) is 5.56 Å². The van der Waals surface area contributed by atoms with E-state index in [-0.39, 0.29) is 18.1 Å². The summed E-state index contributed by atoms with van der Waals surface area (Å²) in [7, 11) is 0. The summed E-state index contributed by atoms with van der Waals surface area (Å²) in [6, 6.07) is 2.48. The summed E-state index contributed by atoms with van der Waals surface area (Å²) in [4.78, 5) is 24.8. The zero-order chi connectivity index (χ0) is 20.1. The lowest BCUT2D eigenvalue weighted by Gasteiger charge is -2.08. The van der Waals surface area contributed by atoms with E-state index >= 15 is 0 Å². The van der Waals surface area contributed by atoms with Gasteiger partial charge in [0, 0.05) is 35.1 Å². The second-order valence-corrected chi connectivity index (χ2v) is 7.04. The number of rotatable bonds is 7. The van der Waals surface area contributed by atoms with Gasteiger partial charge in [-0.25, -0.2) is 19.6 Å². The summed E-state index contributed by atoms with van der Waals surface area (Å²) in [6.45, 7) is 0.879. The van der Waals surface area contributed by atoms with Crippen molar-refractivity contribution in [1.82, 2.24) is 24.7 Å². The van der Waals surface area contributed by atoms with Crippen molar-refractivity contribution in [1.29, 1.82) is 0 Å². The Labute approximate surface area is 161 Å². The van der Waals surface area contributed by atoms with Crippen molar-refractivity contribution in [3.8, 4) is 17.3 Å². The molecule has 3 aromatic heterocycles. The van der Waals surface area contributed by atoms with Gasteiger partial charge in [0.15, 0.2) is 6.61 Å². The van der Waals surface area contributed by atoms with E-state index in [4.69, 9.17) is 0 Å². The highest BCUT2D eigenvalue weighted by Crippen LogP contribution is 2.19. The third kappa shape index (κ3) is 5.35. The molecule has 0 N–H and O–H groups in total. The average molecular weight is 411 g/mol. The molecule has 0 fully saturated rings. The monoisotopic (exact) mass is 411 g/mol. The minimum atomic E-state index is -4.47. The van der Waals surface area contributed by atoms with E-state index in [1.54, 1.807) is 6.20 Å². The van der Waals surface area contributed by atoms with Crippen molar-refractivity contribution in [2.45, 2.75) is 32.5 Å². The Bertz CT molecular complexity index is 985. The maximum Gasteiger partial charge on any atom is 0.422 e. The number of ether oxygens (including phenoxy) is 1. The van der Waals surface area contributed by atoms with Crippen LogP contribution in [-0.4, -0.2) is 37.5 Å². The Morgan fingerprint density at radius 2 is 1.89 bits per heavy atom. The molecule has 0 aliphatic rings. The van der Waals surface area contributed by atoms with Gasteiger partial charge in [-0.2, -0.15) is 18.3 Å². The van der Waals surface area contributed by atoms with Crippen LogP contribution in [0, 0.1) is 0 Å². The Morgan fingerprint density at radius 1 is 1.14 bits per heavy atom. The first-order valence-corrected chi connectivity index (χ1v) is 9.19. The Hall–Kier alpha value is -2.82. The molecule has 0 bridgehead atoms. The molecule has 0 aromatic carbocycles. The number of nitrogens with zero attached hydrogens (tertiary/aromatic N) is 5. The fraction of sp³-hybridized carbons (Fsp3) is 0.353. The van der Waals surface area contributed by atoms with Gasteiger partial charge in [0.05, 0.1) is 17.2 Å². The third-order valence-corrected chi connectivity index (χ3v) is 4.57. The molecule has 0 radical (unpaired) electrons. The van der Waals surface area contributed by atoms with Crippen molar-refractivity contribution in [2.75, 3.05) is 6.61 Å². The van der Waals surface area contributed by atoms with E-state index < -0.39 is 12.8 Å². The lowest BCUT2D eigenvalue weighted by Crippen LogP contribution is -2.22. The molecular weight excluding hydrogens is 395 g/mol. The highest BCUT2D eigenvalue weighted by Gasteiger charge is 2.28. The molecule has 148 valence electrons. The average Bonchev–Trinajstić information content (AvgIpc) is 3.09. The van der Waals surface area contributed by atoms with E-state index in [1.165, 1.54) is 40.5 Å². The number of aromatic nitrogens is 5. The highest BCUT2D eigenvalue weighted by molar-refractivity contribution is 7.11. The van der Waals surface area contributed by atoms with Crippen LogP contribution in [-0.2, 0) is 13.0 Å². The van der Waals surface area contributed by atoms with Crippen molar-refractivity contribution < 1.29 is 17.9 Å². The highest BCUT2D eigenvalue weighted by atomic mass is 32.1. The predicted molar refractivity (Wildman–Crippen MR) is 96.3 cm³/mol. The minimum Gasteiger partial charge on any atom is -0.454 e. The van der Waals surface area contributed by atoms with Crippen molar-refractivity contribution in [2.24, 2.45) is 0 Å². The number of hydrogen-bond donors (Lipinski definition) is 0. The molecular formula is C17H16F3N5O2S. The number of alkyl halides is 3. The van der Waals surface area contributed by atoms with Crippen molar-refractivity contribution in [3.05, 3.63) is 51.0 Å². The van der Waals surface area contributed by atoms with Gasteiger partial charge < -0.3 is 4.74 Å². The van der Waals surface area contributed by atoms with E-state index in [2.05, 4.69) is 31.7 Å². The van der Waals surface area contributed by atoms with Crippen LogP contribution in [0.3, 0.4) is 0 Å². The molecule has 28 heavy (non-hydrogen) atoms. The van der Waals surface area contributed by atoms with Crippen molar-refractivity contribution >= 4 is 11.3 Å². The molecule has 0 unspecified atom stereocenters. The van der Waals surface area contributed by atoms with Gasteiger partial charge in [-0.15, -0.1) is 11.3 Å². The van der Waals surface area contributed by atoms with Gasteiger partial charge in [-0.3, -0.25) is 4.79 Å². The van der Waals surface area contributed by atoms with Crippen LogP contribution in [0.5, 0.6) is 6.01 Å². The smallest absolute Gasteiger partial charge is 0.422 e. The second-order valence-electron chi connectivity index (χ2n) is 5.84. The van der Waals surface area contributed by atoms with Gasteiger partial charge in [0.1, 0.15) is 0 Å². The molecule has 0 saturated heterocycles. The summed E-state index contributed by atoms with van der Waals surface area (Å²) in [5, 5.41) is 5.29. The Morgan fingerprint density at radius 3 is 2.57 bits per heavy atom. The van der Waals surface area contributed by atoms with Gasteiger partial charge in [-0.1, -0.05) is 6.92 Å². The molecule has 3 rings (SSSR count). The predicted octanol–water partition coefficient (Wildman–Crippen LogP) is 3.10. The zero-order valence-electron chi connectivity index (χ0n) is 14.8. The molecule has 0 atom stereocenters. The Balaban J connectivity index is 1.75. The number of aryl methyl sites for hydroxylation is 1. The molecule has 11 heteroatoms. The zero-order valence-corrected chi connectivity index (χ0v) is 15.6. The normalized spacial score (nSPS) is 11.6. The Kier molecular flexibility index (Phi) is 6.02. The van der Waals surface area contributed by atoms with Crippen LogP contribution in [0.25, 0.3) is 11.3 Å². The fourth-order valence-corrected chi connectivity index (χ4v) is 3.29. The maximum absolute atomic E-state index is 12.2. The van der Waals surface area contributed by atoms with E-state index in [0.717, 1.165) is 22.7 Å². The largest absolute Gasteiger partial charge is 0.454 e. The van der Waals surface area contributed by atoms with Crippen LogP contribution < -0.4 is 10.3 Å². The molecule has 0 aliphatic heterocycles. The molecule has 3 aromatic rings. The molecule has 7 nitrogen and oxygen atoms in total. The number of thiazole rings is 1. The first kappa shape index (κ1) is 19.9. The van der Waals surface area contributed by atoms with Crippen LogP contribution in [0.15, 0.2) is 35.5 Å². The SMILES string of the molecule is CCCc1ncc(Cn2nc(-c3cnc(OCC(F)(F)F)nc3)ccc2=O)s1. The second kappa shape index (κ2) is 8.46. The van der Waals surface area contributed by atoms with E-state index in [1.807, 2.05) is 0 Å². The lowest BCUT2D eigenvalue weighted by molar-refractivity contribution is -0.154. The number of halogens is 3. The first-order chi connectivity index (χ1) is 13.3. The summed E-state index contributed by atoms with van der Waals surface area (Å²) in [5.74, 6) is 0. The number of hydrogen-bond acceptors (Lipinski definition) is 7. The minimum absolute atomic E-state index is 0.278. The van der Waals surface area contributed by atoms with Crippen LogP contribution in [0.1, 0.15) is 23.2 Å². The van der Waals surface area contributed by atoms with Crippen LogP contribution >= 0.6 is 11.3 Å². The van der Waals surface area contributed by atoms with E-state index in [9.17, 15) is 18.0 Å². The van der Waals surface area contributed by atoms with Gasteiger partial charge in [-0.05, 0) is 18.9 Å². The van der Waals surface area contributed by atoms with Crippen molar-refractivity contribution in [3.63, 3.8) is 0 Å². The molecule has 0 amide bonds. The molecule has 0 saturated carbocycles. The first-order valence-electron chi connectivity index (χ1n) is 8.38. The summed E-state index contributed by atoms with van der Waals surface area (Å²) >= 11 is 1.53. The van der Waals surface area contributed by atoms with Crippen LogP contribution in [0.2, 0.25) is 0 Å². The molecule has 0 spiro atoms. The topological polar surface area (TPSA) is 82.8 Å². The van der Waals surface area contributed by atoms with Gasteiger partial charge >= 0.3 is 12.2 Å². The summed E-state index contributed by atoms with van der Waals surface area (Å²) in [5.41, 5.74) is 0.588. The van der Waals surface area contributed by atoms with E-state index in [0.29, 0.717) is 11.3 Å². The quantitative estimate of drug-likeness (QED) is 0.594. The fourth-order valence-electron chi connectivity index (χ4n) is 2.28. The molecule has 0 aliphatic carbocycles. The lowest BCUT2D eigenvalue weighted by atomic mass is 10.2. The molecule has 3 heterocycles. The summed E-state index contributed by atoms with van der Waals surface area (Å²) < 4.78 is 42.3. The van der Waals surface area contributed by atoms with Crippen LogP contribution in [0.4, 0.5) is 13.2 Å².